The van der Waals surface area contributed by atoms with Crippen molar-refractivity contribution in [1.29, 1.82) is 0 Å². The minimum absolute atomic E-state index is 0.192. The van der Waals surface area contributed by atoms with Crippen LogP contribution in [0.1, 0.15) is 46.0 Å². The summed E-state index contributed by atoms with van der Waals surface area (Å²) in [4.78, 5) is 6.94. The Balaban J connectivity index is 1.28. The van der Waals surface area contributed by atoms with E-state index < -0.39 is 0 Å². The van der Waals surface area contributed by atoms with Gasteiger partial charge in [0.15, 0.2) is 0 Å². The maximum atomic E-state index is 6.41. The molecule has 142 valence electrons. The van der Waals surface area contributed by atoms with Crippen LogP contribution in [0.3, 0.4) is 0 Å². The van der Waals surface area contributed by atoms with Gasteiger partial charge in [0, 0.05) is 25.8 Å². The summed E-state index contributed by atoms with van der Waals surface area (Å²) >= 11 is 0. The van der Waals surface area contributed by atoms with Crippen LogP contribution in [0.15, 0.2) is 60.8 Å². The van der Waals surface area contributed by atoms with Gasteiger partial charge in [0.2, 0.25) is 0 Å². The Morgan fingerprint density at radius 1 is 1.00 bits per heavy atom. The minimum Gasteiger partial charge on any atom is -0.486 e. The van der Waals surface area contributed by atoms with Crippen LogP contribution in [0.2, 0.25) is 0 Å². The number of nitrogens with zero attached hydrogens (tertiary/aromatic N) is 2. The Bertz CT molecular complexity index is 983. The van der Waals surface area contributed by atoms with Gasteiger partial charge in [-0.2, -0.15) is 0 Å². The standard InChI is InChI=1S/C25H26N2O/c1-18-5-9-24-20(14-18)7-10-25(24)28-23-8-6-21-16-27(13-11-19(21)15-23)17-22-4-2-3-12-26-22/h2-6,8-9,12,14-15,25H,7,10-11,13,16-17H2,1H3. The number of pyridine rings is 1. The lowest BCUT2D eigenvalue weighted by Gasteiger charge is -2.29. The average molecular weight is 370 g/mol. The summed E-state index contributed by atoms with van der Waals surface area (Å²) in [5.41, 5.74) is 8.14. The van der Waals surface area contributed by atoms with Crippen molar-refractivity contribution < 1.29 is 4.74 Å². The van der Waals surface area contributed by atoms with Crippen molar-refractivity contribution in [3.05, 3.63) is 94.3 Å². The van der Waals surface area contributed by atoms with E-state index in [1.165, 1.54) is 27.8 Å². The number of rotatable bonds is 4. The molecule has 1 atom stereocenters. The summed E-state index contributed by atoms with van der Waals surface area (Å²) in [7, 11) is 0. The van der Waals surface area contributed by atoms with Crippen molar-refractivity contribution in [2.45, 2.75) is 45.4 Å². The van der Waals surface area contributed by atoms with E-state index in [2.05, 4.69) is 65.3 Å². The van der Waals surface area contributed by atoms with Crippen LogP contribution in [-0.4, -0.2) is 16.4 Å². The molecular formula is C25H26N2O. The molecular weight excluding hydrogens is 344 g/mol. The van der Waals surface area contributed by atoms with Gasteiger partial charge in [-0.1, -0.05) is 35.9 Å². The highest BCUT2D eigenvalue weighted by molar-refractivity contribution is 5.40. The normalized spacial score (nSPS) is 18.5. The third-order valence-electron chi connectivity index (χ3n) is 5.98. The highest BCUT2D eigenvalue weighted by Gasteiger charge is 2.25. The third-order valence-corrected chi connectivity index (χ3v) is 5.98. The van der Waals surface area contributed by atoms with Gasteiger partial charge in [0.1, 0.15) is 11.9 Å². The minimum atomic E-state index is 0.192. The van der Waals surface area contributed by atoms with Crippen molar-refractivity contribution in [3.8, 4) is 5.75 Å². The summed E-state index contributed by atoms with van der Waals surface area (Å²) in [5.74, 6) is 1.01. The molecule has 1 aromatic heterocycles. The number of aromatic nitrogens is 1. The molecule has 0 bridgehead atoms. The van der Waals surface area contributed by atoms with Gasteiger partial charge in [-0.15, -0.1) is 0 Å². The molecule has 1 unspecified atom stereocenters. The van der Waals surface area contributed by atoms with E-state index in [0.29, 0.717) is 0 Å². The van der Waals surface area contributed by atoms with Crippen LogP contribution >= 0.6 is 0 Å². The van der Waals surface area contributed by atoms with Gasteiger partial charge in [-0.05, 0) is 72.7 Å². The Labute approximate surface area is 167 Å². The molecule has 0 N–H and O–H groups in total. The fraction of sp³-hybridized carbons (Fsp3) is 0.320. The Morgan fingerprint density at radius 3 is 2.86 bits per heavy atom. The zero-order chi connectivity index (χ0) is 18.9. The maximum Gasteiger partial charge on any atom is 0.124 e. The van der Waals surface area contributed by atoms with E-state index in [4.69, 9.17) is 4.74 Å². The second kappa shape index (κ2) is 7.40. The fourth-order valence-corrected chi connectivity index (χ4v) is 4.51. The second-order valence-electron chi connectivity index (χ2n) is 8.06. The molecule has 28 heavy (non-hydrogen) atoms. The van der Waals surface area contributed by atoms with Crippen LogP contribution in [0, 0.1) is 6.92 Å². The Kier molecular flexibility index (Phi) is 4.61. The van der Waals surface area contributed by atoms with Crippen molar-refractivity contribution in [1.82, 2.24) is 9.88 Å². The molecule has 1 aliphatic heterocycles. The lowest BCUT2D eigenvalue weighted by molar-refractivity contribution is 0.206. The van der Waals surface area contributed by atoms with E-state index in [9.17, 15) is 0 Å². The van der Waals surface area contributed by atoms with E-state index >= 15 is 0 Å². The lowest BCUT2D eigenvalue weighted by Crippen LogP contribution is -2.30. The fourth-order valence-electron chi connectivity index (χ4n) is 4.51. The van der Waals surface area contributed by atoms with Gasteiger partial charge >= 0.3 is 0 Å². The third kappa shape index (κ3) is 3.55. The first-order valence-corrected chi connectivity index (χ1v) is 10.2. The maximum absolute atomic E-state index is 6.41. The summed E-state index contributed by atoms with van der Waals surface area (Å²) in [6, 6.07) is 19.6. The predicted octanol–water partition coefficient (Wildman–Crippen LogP) is 5.01. The number of aryl methyl sites for hydroxylation is 2. The van der Waals surface area contributed by atoms with Gasteiger partial charge in [0.25, 0.3) is 0 Å². The average Bonchev–Trinajstić information content (AvgIpc) is 3.10. The van der Waals surface area contributed by atoms with E-state index in [1.54, 1.807) is 0 Å². The van der Waals surface area contributed by atoms with Crippen molar-refractivity contribution in [2.24, 2.45) is 0 Å². The highest BCUT2D eigenvalue weighted by atomic mass is 16.5. The topological polar surface area (TPSA) is 25.4 Å². The van der Waals surface area contributed by atoms with E-state index in [1.807, 2.05) is 12.3 Å². The molecule has 0 saturated carbocycles. The molecule has 0 radical (unpaired) electrons. The monoisotopic (exact) mass is 370 g/mol. The zero-order valence-corrected chi connectivity index (χ0v) is 16.4. The summed E-state index contributed by atoms with van der Waals surface area (Å²) in [6.45, 7) is 5.13. The van der Waals surface area contributed by atoms with E-state index in [0.717, 1.165) is 50.3 Å². The van der Waals surface area contributed by atoms with Crippen LogP contribution in [0.4, 0.5) is 0 Å². The van der Waals surface area contributed by atoms with Crippen LogP contribution in [-0.2, 0) is 25.9 Å². The molecule has 2 heterocycles. The van der Waals surface area contributed by atoms with Crippen molar-refractivity contribution in [2.75, 3.05) is 6.54 Å². The molecule has 0 spiro atoms. The van der Waals surface area contributed by atoms with Crippen molar-refractivity contribution >= 4 is 0 Å². The molecule has 5 rings (SSSR count). The smallest absolute Gasteiger partial charge is 0.124 e. The highest BCUT2D eigenvalue weighted by Crippen LogP contribution is 2.36. The van der Waals surface area contributed by atoms with Gasteiger partial charge in [-0.3, -0.25) is 9.88 Å². The molecule has 0 fully saturated rings. The molecule has 2 aromatic carbocycles. The molecule has 3 aromatic rings. The Hall–Kier alpha value is -2.65. The number of hydrogen-bond donors (Lipinski definition) is 0. The largest absolute Gasteiger partial charge is 0.486 e. The molecule has 1 aliphatic carbocycles. The number of fused-ring (bicyclic) bond motifs is 2. The molecule has 0 saturated heterocycles. The summed E-state index contributed by atoms with van der Waals surface area (Å²) < 4.78 is 6.41. The first kappa shape index (κ1) is 17.4. The molecule has 2 aliphatic rings. The van der Waals surface area contributed by atoms with Crippen molar-refractivity contribution in [3.63, 3.8) is 0 Å². The zero-order valence-electron chi connectivity index (χ0n) is 16.4. The number of hydrogen-bond acceptors (Lipinski definition) is 3. The number of benzene rings is 2. The molecule has 0 amide bonds. The summed E-state index contributed by atoms with van der Waals surface area (Å²) in [5, 5.41) is 0. The first-order chi connectivity index (χ1) is 13.7. The second-order valence-corrected chi connectivity index (χ2v) is 8.06. The first-order valence-electron chi connectivity index (χ1n) is 10.2. The predicted molar refractivity (Wildman–Crippen MR) is 111 cm³/mol. The van der Waals surface area contributed by atoms with Crippen LogP contribution < -0.4 is 4.74 Å². The number of ether oxygens (including phenoxy) is 1. The molecule has 3 nitrogen and oxygen atoms in total. The van der Waals surface area contributed by atoms with Crippen LogP contribution in [0.25, 0.3) is 0 Å². The quantitative estimate of drug-likeness (QED) is 0.645. The van der Waals surface area contributed by atoms with Gasteiger partial charge < -0.3 is 4.74 Å². The Morgan fingerprint density at radius 2 is 1.96 bits per heavy atom. The molecule has 3 heteroatoms. The lowest BCUT2D eigenvalue weighted by atomic mass is 9.99. The SMILES string of the molecule is Cc1ccc2c(c1)CCC2Oc1ccc2c(c1)CCN(Cc1ccccn1)C2. The van der Waals surface area contributed by atoms with E-state index in [-0.39, 0.29) is 6.10 Å². The van der Waals surface area contributed by atoms with Crippen LogP contribution in [0.5, 0.6) is 5.75 Å². The van der Waals surface area contributed by atoms with Gasteiger partial charge in [0.05, 0.1) is 5.69 Å². The summed E-state index contributed by atoms with van der Waals surface area (Å²) in [6.07, 6.45) is 5.33. The van der Waals surface area contributed by atoms with Gasteiger partial charge in [-0.25, -0.2) is 0 Å².